The minimum atomic E-state index is -0.364. The van der Waals surface area contributed by atoms with Crippen LogP contribution in [-0.4, -0.2) is 28.5 Å². The Balaban J connectivity index is 1.47. The van der Waals surface area contributed by atoms with Crippen LogP contribution in [0.4, 0.5) is 0 Å². The van der Waals surface area contributed by atoms with Gasteiger partial charge in [-0.15, -0.1) is 0 Å². The number of hydrogen-bond donors (Lipinski definition) is 1. The van der Waals surface area contributed by atoms with Crippen LogP contribution < -0.4 is 10.2 Å². The van der Waals surface area contributed by atoms with E-state index in [4.69, 9.17) is 16.3 Å². The van der Waals surface area contributed by atoms with Gasteiger partial charge < -0.3 is 4.74 Å². The first kappa shape index (κ1) is 21.6. The Kier molecular flexibility index (Phi) is 8.03. The highest BCUT2D eigenvalue weighted by molar-refractivity contribution is 6.30. The van der Waals surface area contributed by atoms with Crippen LogP contribution in [0.5, 0.6) is 5.75 Å². The molecule has 0 fully saturated rings. The van der Waals surface area contributed by atoms with E-state index in [-0.39, 0.29) is 5.91 Å². The Morgan fingerprint density at radius 1 is 1.13 bits per heavy atom. The maximum atomic E-state index is 12.2. The monoisotopic (exact) mass is 424 g/mol. The van der Waals surface area contributed by atoms with Crippen LogP contribution >= 0.6 is 11.6 Å². The molecule has 0 aliphatic rings. The fourth-order valence-electron chi connectivity index (χ4n) is 2.76. The van der Waals surface area contributed by atoms with E-state index in [2.05, 4.69) is 22.5 Å². The molecule has 0 aliphatic heterocycles. The number of carbonyl (C=O) groups is 1. The number of halogens is 1. The molecule has 0 atom stereocenters. The standard InChI is InChI=1S/C23H25ClN4O2/c1-2-3-4-15-30-21-11-7-18(8-12-21)16-25-26-23(29)22-13-14-28(27-22)17-19-5-9-20(24)10-6-19/h5-14,16H,2-4,15,17H2,1H3,(H,26,29)/b25-16+. The highest BCUT2D eigenvalue weighted by Gasteiger charge is 2.08. The lowest BCUT2D eigenvalue weighted by atomic mass is 10.2. The zero-order chi connectivity index (χ0) is 21.2. The lowest BCUT2D eigenvalue weighted by molar-refractivity contribution is 0.0949. The predicted molar refractivity (Wildman–Crippen MR) is 119 cm³/mol. The van der Waals surface area contributed by atoms with Crippen LogP contribution in [0.2, 0.25) is 5.02 Å². The molecule has 0 aliphatic carbocycles. The number of carbonyl (C=O) groups excluding carboxylic acids is 1. The van der Waals surface area contributed by atoms with Crippen molar-refractivity contribution in [3.63, 3.8) is 0 Å². The van der Waals surface area contributed by atoms with Crippen molar-refractivity contribution in [3.05, 3.63) is 82.6 Å². The Labute approximate surface area is 181 Å². The van der Waals surface area contributed by atoms with Gasteiger partial charge in [-0.05, 0) is 60.0 Å². The van der Waals surface area contributed by atoms with Gasteiger partial charge >= 0.3 is 0 Å². The summed E-state index contributed by atoms with van der Waals surface area (Å²) in [6, 6.07) is 16.7. The summed E-state index contributed by atoms with van der Waals surface area (Å²) in [4.78, 5) is 12.2. The van der Waals surface area contributed by atoms with Crippen molar-refractivity contribution in [3.8, 4) is 5.75 Å². The second-order valence-electron chi connectivity index (χ2n) is 6.85. The molecule has 0 unspecified atom stereocenters. The molecule has 0 saturated heterocycles. The van der Waals surface area contributed by atoms with E-state index in [9.17, 15) is 4.79 Å². The quantitative estimate of drug-likeness (QED) is 0.285. The summed E-state index contributed by atoms with van der Waals surface area (Å²) in [5.74, 6) is 0.468. The number of hydrogen-bond acceptors (Lipinski definition) is 4. The SMILES string of the molecule is CCCCCOc1ccc(/C=N/NC(=O)c2ccn(Cc3ccc(Cl)cc3)n2)cc1. The first-order chi connectivity index (χ1) is 14.6. The van der Waals surface area contributed by atoms with Gasteiger partial charge in [-0.25, -0.2) is 5.43 Å². The van der Waals surface area contributed by atoms with Gasteiger partial charge in [-0.3, -0.25) is 9.48 Å². The number of amides is 1. The van der Waals surface area contributed by atoms with Crippen molar-refractivity contribution in [2.75, 3.05) is 6.61 Å². The zero-order valence-corrected chi connectivity index (χ0v) is 17.7. The van der Waals surface area contributed by atoms with Gasteiger partial charge in [0.15, 0.2) is 5.69 Å². The largest absolute Gasteiger partial charge is 0.494 e. The highest BCUT2D eigenvalue weighted by Crippen LogP contribution is 2.12. The molecule has 2 aromatic carbocycles. The third-order valence-corrected chi connectivity index (χ3v) is 4.66. The third kappa shape index (κ3) is 6.74. The van der Waals surface area contributed by atoms with Gasteiger partial charge in [-0.2, -0.15) is 10.2 Å². The summed E-state index contributed by atoms with van der Waals surface area (Å²) in [7, 11) is 0. The first-order valence-electron chi connectivity index (χ1n) is 9.98. The van der Waals surface area contributed by atoms with E-state index in [1.165, 1.54) is 12.8 Å². The normalized spacial score (nSPS) is 11.0. The lowest BCUT2D eigenvalue weighted by Crippen LogP contribution is -2.18. The van der Waals surface area contributed by atoms with E-state index in [0.29, 0.717) is 17.3 Å². The first-order valence-corrected chi connectivity index (χ1v) is 10.4. The molecule has 1 aromatic heterocycles. The summed E-state index contributed by atoms with van der Waals surface area (Å²) in [6.45, 7) is 3.45. The van der Waals surface area contributed by atoms with E-state index in [0.717, 1.165) is 29.9 Å². The van der Waals surface area contributed by atoms with E-state index >= 15 is 0 Å². The second kappa shape index (κ2) is 11.2. The molecule has 1 amide bonds. The summed E-state index contributed by atoms with van der Waals surface area (Å²) in [6.07, 6.45) is 6.74. The third-order valence-electron chi connectivity index (χ3n) is 4.41. The Hall–Kier alpha value is -3.12. The minimum Gasteiger partial charge on any atom is -0.494 e. The van der Waals surface area contributed by atoms with E-state index in [1.54, 1.807) is 23.2 Å². The van der Waals surface area contributed by atoms with Gasteiger partial charge in [0.25, 0.3) is 5.91 Å². The molecule has 1 heterocycles. The van der Waals surface area contributed by atoms with Crippen molar-refractivity contribution >= 4 is 23.7 Å². The molecular formula is C23H25ClN4O2. The molecule has 30 heavy (non-hydrogen) atoms. The summed E-state index contributed by atoms with van der Waals surface area (Å²) < 4.78 is 7.38. The molecule has 0 saturated carbocycles. The average Bonchev–Trinajstić information content (AvgIpc) is 3.22. The fourth-order valence-corrected chi connectivity index (χ4v) is 2.89. The molecule has 0 bridgehead atoms. The minimum absolute atomic E-state index is 0.303. The maximum absolute atomic E-state index is 12.2. The van der Waals surface area contributed by atoms with Crippen molar-refractivity contribution < 1.29 is 9.53 Å². The Bertz CT molecular complexity index is 966. The van der Waals surface area contributed by atoms with Crippen molar-refractivity contribution in [1.82, 2.24) is 15.2 Å². The number of unbranched alkanes of at least 4 members (excludes halogenated alkanes) is 2. The van der Waals surface area contributed by atoms with E-state index < -0.39 is 0 Å². The van der Waals surface area contributed by atoms with Crippen LogP contribution in [0, 0.1) is 0 Å². The van der Waals surface area contributed by atoms with Gasteiger partial charge in [0.2, 0.25) is 0 Å². The van der Waals surface area contributed by atoms with Gasteiger partial charge in [0.1, 0.15) is 5.75 Å². The highest BCUT2D eigenvalue weighted by atomic mass is 35.5. The molecule has 156 valence electrons. The smallest absolute Gasteiger partial charge is 0.291 e. The summed E-state index contributed by atoms with van der Waals surface area (Å²) >= 11 is 5.90. The van der Waals surface area contributed by atoms with Gasteiger partial charge in [0, 0.05) is 11.2 Å². The zero-order valence-electron chi connectivity index (χ0n) is 16.9. The topological polar surface area (TPSA) is 68.5 Å². The summed E-state index contributed by atoms with van der Waals surface area (Å²) in [5, 5.41) is 8.98. The molecule has 0 spiro atoms. The number of hydrazone groups is 1. The maximum Gasteiger partial charge on any atom is 0.291 e. The Morgan fingerprint density at radius 2 is 1.90 bits per heavy atom. The number of rotatable bonds is 10. The van der Waals surface area contributed by atoms with Crippen LogP contribution in [0.15, 0.2) is 65.9 Å². The van der Waals surface area contributed by atoms with Crippen molar-refractivity contribution in [2.45, 2.75) is 32.7 Å². The molecule has 0 radical (unpaired) electrons. The van der Waals surface area contributed by atoms with Crippen LogP contribution in [-0.2, 0) is 6.54 Å². The average molecular weight is 425 g/mol. The molecule has 6 nitrogen and oxygen atoms in total. The number of nitrogens with one attached hydrogen (secondary N) is 1. The number of aromatic nitrogens is 2. The number of benzene rings is 2. The molecule has 3 aromatic rings. The Morgan fingerprint density at radius 3 is 2.63 bits per heavy atom. The summed E-state index contributed by atoms with van der Waals surface area (Å²) in [5.41, 5.74) is 4.72. The molecule has 1 N–H and O–H groups in total. The second-order valence-corrected chi connectivity index (χ2v) is 7.29. The van der Waals surface area contributed by atoms with Crippen LogP contribution in [0.25, 0.3) is 0 Å². The van der Waals surface area contributed by atoms with Crippen LogP contribution in [0.1, 0.15) is 47.8 Å². The van der Waals surface area contributed by atoms with Gasteiger partial charge in [0.05, 0.1) is 19.4 Å². The van der Waals surface area contributed by atoms with Crippen molar-refractivity contribution in [2.24, 2.45) is 5.10 Å². The molecule has 3 rings (SSSR count). The van der Waals surface area contributed by atoms with Crippen molar-refractivity contribution in [1.29, 1.82) is 0 Å². The van der Waals surface area contributed by atoms with Crippen LogP contribution in [0.3, 0.4) is 0 Å². The fraction of sp³-hybridized carbons (Fsp3) is 0.261. The predicted octanol–water partition coefficient (Wildman–Crippen LogP) is 4.92. The molecule has 7 heteroatoms. The lowest BCUT2D eigenvalue weighted by Gasteiger charge is -2.05. The number of nitrogens with zero attached hydrogens (tertiary/aromatic N) is 3. The molecular weight excluding hydrogens is 400 g/mol. The van der Waals surface area contributed by atoms with Gasteiger partial charge in [-0.1, -0.05) is 43.5 Å². The number of ether oxygens (including phenoxy) is 1. The van der Waals surface area contributed by atoms with E-state index in [1.807, 2.05) is 48.5 Å².